The molecular weight excluding hydrogens is 239 g/mol. The maximum Gasteiger partial charge on any atom is 0.496 e. The van der Waals surface area contributed by atoms with E-state index in [1.807, 2.05) is 26.5 Å². The van der Waals surface area contributed by atoms with Crippen molar-refractivity contribution in [3.05, 3.63) is 24.0 Å². The molecule has 1 aliphatic rings. The second kappa shape index (κ2) is 4.89. The molecule has 0 spiro atoms. The zero-order valence-corrected chi connectivity index (χ0v) is 12.7. The van der Waals surface area contributed by atoms with Crippen LogP contribution >= 0.6 is 0 Å². The molecule has 0 saturated carbocycles. The van der Waals surface area contributed by atoms with Gasteiger partial charge in [-0.3, -0.25) is 4.98 Å². The fourth-order valence-corrected chi connectivity index (χ4v) is 2.07. The Labute approximate surface area is 116 Å². The van der Waals surface area contributed by atoms with E-state index in [0.717, 1.165) is 17.6 Å². The zero-order chi connectivity index (χ0) is 14.3. The Morgan fingerprint density at radius 1 is 1.11 bits per heavy atom. The highest BCUT2D eigenvalue weighted by molar-refractivity contribution is 6.62. The molecule has 2 heterocycles. The molecule has 0 aromatic carbocycles. The molecule has 1 fully saturated rings. The monoisotopic (exact) mass is 262 g/mol. The largest absolute Gasteiger partial charge is 0.496 e. The summed E-state index contributed by atoms with van der Waals surface area (Å²) in [6.45, 7) is 9.10. The summed E-state index contributed by atoms with van der Waals surface area (Å²) in [6.07, 6.45) is 3.70. The first kappa shape index (κ1) is 14.5. The summed E-state index contributed by atoms with van der Waals surface area (Å²) in [4.78, 5) is 6.41. The van der Waals surface area contributed by atoms with Crippen LogP contribution in [-0.4, -0.2) is 42.3 Å². The van der Waals surface area contributed by atoms with Crippen LogP contribution in [0.25, 0.3) is 0 Å². The Kier molecular flexibility index (Phi) is 3.73. The summed E-state index contributed by atoms with van der Waals surface area (Å²) >= 11 is 0. The molecule has 0 radical (unpaired) electrons. The molecule has 0 aliphatic carbocycles. The van der Waals surface area contributed by atoms with Crippen LogP contribution in [0, 0.1) is 0 Å². The highest BCUT2D eigenvalue weighted by Gasteiger charge is 2.51. The van der Waals surface area contributed by atoms with Crippen molar-refractivity contribution in [3.63, 3.8) is 0 Å². The Balaban J connectivity index is 2.20. The average molecular weight is 262 g/mol. The molecule has 1 aromatic rings. The highest BCUT2D eigenvalue weighted by atomic mass is 16.7. The van der Waals surface area contributed by atoms with Crippen LogP contribution in [0.4, 0.5) is 0 Å². The quantitative estimate of drug-likeness (QED) is 0.772. The Morgan fingerprint density at radius 3 is 2.21 bits per heavy atom. The zero-order valence-electron chi connectivity index (χ0n) is 12.7. The summed E-state index contributed by atoms with van der Waals surface area (Å²) in [7, 11) is 3.75. The van der Waals surface area contributed by atoms with Crippen LogP contribution in [0.2, 0.25) is 0 Å². The minimum atomic E-state index is -0.334. The predicted octanol–water partition coefficient (Wildman–Crippen LogP) is 1.44. The van der Waals surface area contributed by atoms with E-state index in [1.165, 1.54) is 0 Å². The maximum atomic E-state index is 6.03. The molecule has 1 aromatic heterocycles. The van der Waals surface area contributed by atoms with Crippen molar-refractivity contribution in [2.45, 2.75) is 45.4 Å². The SMILES string of the molecule is CN(C)Cc1cncc(B2OC(C)(C)C(C)(C)O2)c1. The van der Waals surface area contributed by atoms with Crippen LogP contribution in [0.1, 0.15) is 33.3 Å². The van der Waals surface area contributed by atoms with Crippen molar-refractivity contribution in [1.29, 1.82) is 0 Å². The van der Waals surface area contributed by atoms with Crippen LogP contribution in [-0.2, 0) is 15.9 Å². The Morgan fingerprint density at radius 2 is 1.68 bits per heavy atom. The summed E-state index contributed by atoms with van der Waals surface area (Å²) in [5.74, 6) is 0. The molecule has 0 bridgehead atoms. The van der Waals surface area contributed by atoms with Gasteiger partial charge in [-0.1, -0.05) is 6.07 Å². The predicted molar refractivity (Wildman–Crippen MR) is 77.3 cm³/mol. The molecule has 19 heavy (non-hydrogen) atoms. The van der Waals surface area contributed by atoms with E-state index >= 15 is 0 Å². The van der Waals surface area contributed by atoms with Gasteiger partial charge in [-0.15, -0.1) is 0 Å². The van der Waals surface area contributed by atoms with Gasteiger partial charge in [-0.25, -0.2) is 0 Å². The average Bonchev–Trinajstić information content (AvgIpc) is 2.47. The van der Waals surface area contributed by atoms with Crippen molar-refractivity contribution in [3.8, 4) is 0 Å². The third-order valence-corrected chi connectivity index (χ3v) is 3.84. The van der Waals surface area contributed by atoms with Gasteiger partial charge in [0.1, 0.15) is 0 Å². The lowest BCUT2D eigenvalue weighted by atomic mass is 9.80. The van der Waals surface area contributed by atoms with Crippen LogP contribution in [0.5, 0.6) is 0 Å². The standard InChI is InChI=1S/C14H23BN2O2/c1-13(2)14(3,4)19-15(18-13)12-7-11(8-16-9-12)10-17(5)6/h7-9H,10H2,1-6H3. The fourth-order valence-electron chi connectivity index (χ4n) is 2.07. The van der Waals surface area contributed by atoms with Crippen molar-refractivity contribution in [1.82, 2.24) is 9.88 Å². The molecule has 0 amide bonds. The van der Waals surface area contributed by atoms with E-state index in [2.05, 4.69) is 43.6 Å². The second-order valence-electron chi connectivity index (χ2n) is 6.45. The third-order valence-electron chi connectivity index (χ3n) is 3.84. The van der Waals surface area contributed by atoms with Gasteiger partial charge in [-0.05, 0) is 47.4 Å². The second-order valence-corrected chi connectivity index (χ2v) is 6.45. The first-order valence-electron chi connectivity index (χ1n) is 6.65. The summed E-state index contributed by atoms with van der Waals surface area (Å²) in [6, 6.07) is 2.11. The number of hydrogen-bond donors (Lipinski definition) is 0. The lowest BCUT2D eigenvalue weighted by Gasteiger charge is -2.32. The van der Waals surface area contributed by atoms with Crippen molar-refractivity contribution in [2.75, 3.05) is 14.1 Å². The third kappa shape index (κ3) is 2.99. The fraction of sp³-hybridized carbons (Fsp3) is 0.643. The molecule has 0 unspecified atom stereocenters. The smallest absolute Gasteiger partial charge is 0.399 e. The molecule has 5 heteroatoms. The van der Waals surface area contributed by atoms with E-state index in [9.17, 15) is 0 Å². The number of pyridine rings is 1. The van der Waals surface area contributed by atoms with Gasteiger partial charge < -0.3 is 14.2 Å². The van der Waals surface area contributed by atoms with E-state index in [4.69, 9.17) is 9.31 Å². The molecule has 1 aliphatic heterocycles. The van der Waals surface area contributed by atoms with E-state index < -0.39 is 0 Å². The first-order chi connectivity index (χ1) is 8.71. The van der Waals surface area contributed by atoms with Crippen LogP contribution in [0.3, 0.4) is 0 Å². The van der Waals surface area contributed by atoms with Crippen LogP contribution < -0.4 is 5.46 Å². The van der Waals surface area contributed by atoms with Crippen molar-refractivity contribution in [2.24, 2.45) is 0 Å². The Bertz CT molecular complexity index is 445. The van der Waals surface area contributed by atoms with Gasteiger partial charge >= 0.3 is 7.12 Å². The van der Waals surface area contributed by atoms with Crippen molar-refractivity contribution >= 4 is 12.6 Å². The van der Waals surface area contributed by atoms with Crippen molar-refractivity contribution < 1.29 is 9.31 Å². The van der Waals surface area contributed by atoms with E-state index in [0.29, 0.717) is 0 Å². The number of hydrogen-bond acceptors (Lipinski definition) is 4. The highest BCUT2D eigenvalue weighted by Crippen LogP contribution is 2.36. The number of rotatable bonds is 3. The lowest BCUT2D eigenvalue weighted by molar-refractivity contribution is 0.00578. The first-order valence-corrected chi connectivity index (χ1v) is 6.65. The molecule has 1 saturated heterocycles. The van der Waals surface area contributed by atoms with Gasteiger partial charge in [0.05, 0.1) is 11.2 Å². The maximum absolute atomic E-state index is 6.03. The van der Waals surface area contributed by atoms with Gasteiger partial charge in [0.2, 0.25) is 0 Å². The van der Waals surface area contributed by atoms with E-state index in [-0.39, 0.29) is 18.3 Å². The summed E-state index contributed by atoms with van der Waals surface area (Å²) in [5.41, 5.74) is 1.53. The number of aromatic nitrogens is 1. The molecule has 2 rings (SSSR count). The molecule has 0 N–H and O–H groups in total. The minimum Gasteiger partial charge on any atom is -0.399 e. The number of nitrogens with zero attached hydrogens (tertiary/aromatic N) is 2. The molecule has 104 valence electrons. The molecule has 4 nitrogen and oxygen atoms in total. The molecule has 0 atom stereocenters. The lowest BCUT2D eigenvalue weighted by Crippen LogP contribution is -2.41. The van der Waals surface area contributed by atoms with Gasteiger partial charge in [0.15, 0.2) is 0 Å². The Hall–Kier alpha value is -0.905. The van der Waals surface area contributed by atoms with E-state index in [1.54, 1.807) is 0 Å². The topological polar surface area (TPSA) is 34.6 Å². The summed E-state index contributed by atoms with van der Waals surface area (Å²) < 4.78 is 12.1. The molecular formula is C14H23BN2O2. The minimum absolute atomic E-state index is 0.310. The van der Waals surface area contributed by atoms with Gasteiger partial charge in [0.25, 0.3) is 0 Å². The summed E-state index contributed by atoms with van der Waals surface area (Å²) in [5, 5.41) is 0. The normalized spacial score (nSPS) is 21.1. The van der Waals surface area contributed by atoms with Gasteiger partial charge in [-0.2, -0.15) is 0 Å². The van der Waals surface area contributed by atoms with Crippen LogP contribution in [0.15, 0.2) is 18.5 Å². The van der Waals surface area contributed by atoms with Gasteiger partial charge in [0, 0.05) is 24.4 Å².